The summed E-state index contributed by atoms with van der Waals surface area (Å²) < 4.78 is 30.9. The Kier molecular flexibility index (Phi) is 6.01. The topological polar surface area (TPSA) is 75.7 Å². The van der Waals surface area contributed by atoms with Gasteiger partial charge in [-0.05, 0) is 38.8 Å². The van der Waals surface area contributed by atoms with E-state index in [1.807, 2.05) is 19.1 Å². The number of hydrogen-bond donors (Lipinski definition) is 1. The summed E-state index contributed by atoms with van der Waals surface area (Å²) >= 11 is 0. The molecule has 1 fully saturated rings. The van der Waals surface area contributed by atoms with Gasteiger partial charge in [-0.1, -0.05) is 12.1 Å². The number of anilines is 1. The number of hydrogen-bond acceptors (Lipinski definition) is 4. The number of rotatable bonds is 6. The monoisotopic (exact) mass is 340 g/mol. The van der Waals surface area contributed by atoms with E-state index in [9.17, 15) is 13.2 Å². The van der Waals surface area contributed by atoms with Gasteiger partial charge in [-0.15, -0.1) is 0 Å². The van der Waals surface area contributed by atoms with Crippen molar-refractivity contribution in [1.82, 2.24) is 4.31 Å². The molecule has 1 aliphatic rings. The highest BCUT2D eigenvalue weighted by atomic mass is 32.2. The molecule has 128 valence electrons. The van der Waals surface area contributed by atoms with Crippen LogP contribution in [0.3, 0.4) is 0 Å². The van der Waals surface area contributed by atoms with Gasteiger partial charge in [0.25, 0.3) is 0 Å². The summed E-state index contributed by atoms with van der Waals surface area (Å²) in [5.41, 5.74) is 0.620. The molecule has 0 bridgehead atoms. The van der Waals surface area contributed by atoms with Gasteiger partial charge in [-0.3, -0.25) is 4.79 Å². The zero-order valence-corrected chi connectivity index (χ0v) is 14.4. The Morgan fingerprint density at radius 1 is 1.35 bits per heavy atom. The number of sulfonamides is 1. The second-order valence-electron chi connectivity index (χ2n) is 5.52. The minimum atomic E-state index is -3.25. The number of carbonyl (C=O) groups is 1. The molecule has 0 aromatic heterocycles. The van der Waals surface area contributed by atoms with E-state index in [0.29, 0.717) is 37.4 Å². The predicted molar refractivity (Wildman–Crippen MR) is 90.0 cm³/mol. The minimum absolute atomic E-state index is 0.0640. The molecule has 1 atom stereocenters. The first-order valence-corrected chi connectivity index (χ1v) is 9.59. The molecule has 1 aromatic rings. The van der Waals surface area contributed by atoms with Gasteiger partial charge >= 0.3 is 0 Å². The summed E-state index contributed by atoms with van der Waals surface area (Å²) in [6.07, 6.45) is 1.39. The Bertz CT molecular complexity index is 645. The van der Waals surface area contributed by atoms with Crippen molar-refractivity contribution in [2.45, 2.75) is 26.7 Å². The van der Waals surface area contributed by atoms with Gasteiger partial charge in [0.15, 0.2) is 0 Å². The number of amides is 1. The van der Waals surface area contributed by atoms with Crippen molar-refractivity contribution in [3.8, 4) is 5.75 Å². The van der Waals surface area contributed by atoms with Crippen molar-refractivity contribution in [3.63, 3.8) is 0 Å². The van der Waals surface area contributed by atoms with Crippen LogP contribution in [0.1, 0.15) is 26.7 Å². The number of carbonyl (C=O) groups excluding carboxylic acids is 1. The Labute approximate surface area is 137 Å². The highest BCUT2D eigenvalue weighted by molar-refractivity contribution is 7.89. The minimum Gasteiger partial charge on any atom is -0.492 e. The fraction of sp³-hybridized carbons (Fsp3) is 0.562. The van der Waals surface area contributed by atoms with Gasteiger partial charge in [-0.2, -0.15) is 0 Å². The van der Waals surface area contributed by atoms with Gasteiger partial charge < -0.3 is 10.1 Å². The van der Waals surface area contributed by atoms with E-state index in [1.54, 1.807) is 19.1 Å². The molecule has 1 aromatic carbocycles. The molecule has 1 N–H and O–H groups in total. The lowest BCUT2D eigenvalue weighted by atomic mass is 9.98. The van der Waals surface area contributed by atoms with E-state index in [4.69, 9.17) is 4.74 Å². The highest BCUT2D eigenvalue weighted by Gasteiger charge is 2.31. The lowest BCUT2D eigenvalue weighted by molar-refractivity contribution is -0.120. The SMILES string of the molecule is CCOc1ccccc1NC(=O)[C@@H]1CCCN(S(=O)(=O)CC)C1. The largest absolute Gasteiger partial charge is 0.492 e. The maximum Gasteiger partial charge on any atom is 0.228 e. The molecule has 1 aliphatic heterocycles. The van der Waals surface area contributed by atoms with Gasteiger partial charge in [0, 0.05) is 13.1 Å². The van der Waals surface area contributed by atoms with E-state index in [2.05, 4.69) is 5.32 Å². The average Bonchev–Trinajstić information content (AvgIpc) is 2.57. The molecule has 0 radical (unpaired) electrons. The second kappa shape index (κ2) is 7.79. The summed E-state index contributed by atoms with van der Waals surface area (Å²) in [6, 6.07) is 7.25. The van der Waals surface area contributed by atoms with Crippen LogP contribution in [0.4, 0.5) is 5.69 Å². The van der Waals surface area contributed by atoms with Gasteiger partial charge in [0.2, 0.25) is 15.9 Å². The first-order chi connectivity index (χ1) is 11.0. The van der Waals surface area contributed by atoms with Crippen LogP contribution in [-0.2, 0) is 14.8 Å². The highest BCUT2D eigenvalue weighted by Crippen LogP contribution is 2.26. The van der Waals surface area contributed by atoms with Crippen molar-refractivity contribution in [2.75, 3.05) is 30.8 Å². The van der Waals surface area contributed by atoms with Gasteiger partial charge in [0.05, 0.1) is 24.0 Å². The fourth-order valence-electron chi connectivity index (χ4n) is 2.68. The molecule has 0 spiro atoms. The Morgan fingerprint density at radius 2 is 2.09 bits per heavy atom. The molecular weight excluding hydrogens is 316 g/mol. The maximum atomic E-state index is 12.5. The summed E-state index contributed by atoms with van der Waals surface area (Å²) in [5.74, 6) is 0.194. The molecule has 0 aliphatic carbocycles. The Balaban J connectivity index is 2.06. The van der Waals surface area contributed by atoms with Gasteiger partial charge in [0.1, 0.15) is 5.75 Å². The van der Waals surface area contributed by atoms with E-state index in [0.717, 1.165) is 0 Å². The van der Waals surface area contributed by atoms with Gasteiger partial charge in [-0.25, -0.2) is 12.7 Å². The number of nitrogens with zero attached hydrogens (tertiary/aromatic N) is 1. The van der Waals surface area contributed by atoms with E-state index in [1.165, 1.54) is 4.31 Å². The molecule has 23 heavy (non-hydrogen) atoms. The number of nitrogens with one attached hydrogen (secondary N) is 1. The number of benzene rings is 1. The second-order valence-corrected chi connectivity index (χ2v) is 7.77. The molecule has 1 amide bonds. The lowest BCUT2D eigenvalue weighted by Gasteiger charge is -2.31. The molecule has 6 nitrogen and oxygen atoms in total. The van der Waals surface area contributed by atoms with Crippen LogP contribution in [0.5, 0.6) is 5.75 Å². The van der Waals surface area contributed by atoms with Crippen LogP contribution < -0.4 is 10.1 Å². The molecular formula is C16H24N2O4S. The van der Waals surface area contributed by atoms with Crippen molar-refractivity contribution >= 4 is 21.6 Å². The number of ether oxygens (including phenoxy) is 1. The van der Waals surface area contributed by atoms with Crippen LogP contribution in [0.25, 0.3) is 0 Å². The Morgan fingerprint density at radius 3 is 2.78 bits per heavy atom. The van der Waals surface area contributed by atoms with Crippen molar-refractivity contribution in [3.05, 3.63) is 24.3 Å². The molecule has 7 heteroatoms. The Hall–Kier alpha value is -1.60. The quantitative estimate of drug-likeness (QED) is 0.860. The average molecular weight is 340 g/mol. The molecule has 0 saturated carbocycles. The third-order valence-corrected chi connectivity index (χ3v) is 5.81. The number of piperidine rings is 1. The van der Waals surface area contributed by atoms with Crippen LogP contribution in [-0.4, -0.2) is 44.1 Å². The first kappa shape index (κ1) is 17.7. The fourth-order valence-corrected chi connectivity index (χ4v) is 3.86. The van der Waals surface area contributed by atoms with E-state index < -0.39 is 10.0 Å². The lowest BCUT2D eigenvalue weighted by Crippen LogP contribution is -2.44. The smallest absolute Gasteiger partial charge is 0.228 e. The third kappa shape index (κ3) is 4.45. The third-order valence-electron chi connectivity index (χ3n) is 3.96. The molecule has 0 unspecified atom stereocenters. The summed E-state index contributed by atoms with van der Waals surface area (Å²) in [7, 11) is -3.25. The molecule has 1 heterocycles. The van der Waals surface area contributed by atoms with E-state index in [-0.39, 0.29) is 24.1 Å². The maximum absolute atomic E-state index is 12.5. The van der Waals surface area contributed by atoms with Crippen molar-refractivity contribution in [2.24, 2.45) is 5.92 Å². The van der Waals surface area contributed by atoms with Crippen LogP contribution in [0.2, 0.25) is 0 Å². The van der Waals surface area contributed by atoms with E-state index >= 15 is 0 Å². The molecule has 1 saturated heterocycles. The van der Waals surface area contributed by atoms with Crippen LogP contribution in [0, 0.1) is 5.92 Å². The zero-order valence-electron chi connectivity index (χ0n) is 13.6. The first-order valence-electron chi connectivity index (χ1n) is 7.98. The summed E-state index contributed by atoms with van der Waals surface area (Å²) in [4.78, 5) is 12.5. The zero-order chi connectivity index (χ0) is 16.9. The van der Waals surface area contributed by atoms with Crippen molar-refractivity contribution < 1.29 is 17.9 Å². The van der Waals surface area contributed by atoms with Crippen LogP contribution >= 0.6 is 0 Å². The van der Waals surface area contributed by atoms with Crippen LogP contribution in [0.15, 0.2) is 24.3 Å². The summed E-state index contributed by atoms with van der Waals surface area (Å²) in [5, 5.41) is 2.87. The normalized spacial score (nSPS) is 19.3. The summed E-state index contributed by atoms with van der Waals surface area (Å²) in [6.45, 7) is 4.76. The van der Waals surface area contributed by atoms with Crippen molar-refractivity contribution in [1.29, 1.82) is 0 Å². The number of para-hydroxylation sites is 2. The standard InChI is InChI=1S/C16H24N2O4S/c1-3-22-15-10-6-5-9-14(15)17-16(19)13-8-7-11-18(12-13)23(20,21)4-2/h5-6,9-10,13H,3-4,7-8,11-12H2,1-2H3,(H,17,19)/t13-/m1/s1. The predicted octanol–water partition coefficient (Wildman–Crippen LogP) is 2.09. The molecule has 2 rings (SSSR count).